The van der Waals surface area contributed by atoms with Crippen LogP contribution in [0.3, 0.4) is 0 Å². The predicted molar refractivity (Wildman–Crippen MR) is 232 cm³/mol. The number of nitrogens with two attached hydrogens (primary N) is 2. The van der Waals surface area contributed by atoms with Gasteiger partial charge in [0.2, 0.25) is 33.4 Å². The molecule has 0 aliphatic heterocycles. The summed E-state index contributed by atoms with van der Waals surface area (Å²) in [5.41, 5.74) is 28.3. The lowest BCUT2D eigenvalue weighted by molar-refractivity contribution is -0.538. The van der Waals surface area contributed by atoms with Crippen LogP contribution in [0.15, 0.2) is 133 Å². The van der Waals surface area contributed by atoms with Crippen molar-refractivity contribution in [2.75, 3.05) is 22.1 Å². The van der Waals surface area contributed by atoms with Crippen molar-refractivity contribution in [3.05, 3.63) is 167 Å². The second-order valence-corrected chi connectivity index (χ2v) is 14.8. The number of hydrogen-bond donors (Lipinski definition) is 4. The van der Waals surface area contributed by atoms with E-state index in [-0.39, 0.29) is 36.6 Å². The molecule has 9 aromatic rings. The van der Waals surface area contributed by atoms with Crippen LogP contribution < -0.4 is 56.0 Å². The SMILES string of the molecule is Cc1cc2nc3cc(C)c(NC(=O)c4ccc(C(=O)Nc5cc6c(cc5C)nc5cc(C)c(N)cc5[n+]6-c5ccccc5)cc4)cc3[n+](-c3ccccc3)c2cc1N.[Cl-].[Cl-]. The zero-order chi connectivity index (χ0) is 40.2. The number of rotatable bonds is 6. The fourth-order valence-corrected chi connectivity index (χ4v) is 7.49. The number of anilines is 4. The molecule has 0 atom stereocenters. The molecule has 2 amide bonds. The van der Waals surface area contributed by atoms with Crippen molar-refractivity contribution in [1.29, 1.82) is 0 Å². The number of carbonyl (C=O) groups excluding carboxylic acids is 2. The number of halogens is 2. The van der Waals surface area contributed by atoms with E-state index in [1.54, 1.807) is 24.3 Å². The van der Waals surface area contributed by atoms with Gasteiger partial charge in [-0.2, -0.15) is 0 Å². The lowest BCUT2D eigenvalue weighted by atomic mass is 10.1. The number of benzene rings is 7. The fourth-order valence-electron chi connectivity index (χ4n) is 7.49. The summed E-state index contributed by atoms with van der Waals surface area (Å²) in [5, 5.41) is 6.19. The number of aromatic nitrogens is 4. The molecule has 0 fully saturated rings. The van der Waals surface area contributed by atoms with Crippen LogP contribution in [-0.2, 0) is 0 Å². The van der Waals surface area contributed by atoms with Crippen LogP contribution in [0.1, 0.15) is 43.0 Å². The fraction of sp³-hybridized carbons (Fsp3) is 0.0833. The normalized spacial score (nSPS) is 11.0. The molecular weight excluding hydrogens is 791 g/mol. The number of nitrogens with zero attached hydrogens (tertiary/aromatic N) is 4. The zero-order valence-corrected chi connectivity index (χ0v) is 34.7. The lowest BCUT2D eigenvalue weighted by Gasteiger charge is -2.13. The van der Waals surface area contributed by atoms with E-state index in [1.807, 2.05) is 137 Å². The first-order valence-corrected chi connectivity index (χ1v) is 19.0. The van der Waals surface area contributed by atoms with Gasteiger partial charge in [0.05, 0.1) is 11.4 Å². The van der Waals surface area contributed by atoms with E-state index in [2.05, 4.69) is 19.8 Å². The van der Waals surface area contributed by atoms with Crippen LogP contribution in [0.5, 0.6) is 0 Å². The van der Waals surface area contributed by atoms with Crippen LogP contribution >= 0.6 is 0 Å². The van der Waals surface area contributed by atoms with Crippen LogP contribution in [0.4, 0.5) is 22.7 Å². The van der Waals surface area contributed by atoms with Crippen molar-refractivity contribution in [2.24, 2.45) is 0 Å². The van der Waals surface area contributed by atoms with E-state index >= 15 is 0 Å². The first kappa shape index (κ1) is 41.0. The van der Waals surface area contributed by atoms with Crippen LogP contribution in [0.25, 0.3) is 55.5 Å². The summed E-state index contributed by atoms with van der Waals surface area (Å²) in [7, 11) is 0. The summed E-state index contributed by atoms with van der Waals surface area (Å²) < 4.78 is 4.23. The number of nitrogens with one attached hydrogen (secondary N) is 2. The van der Waals surface area contributed by atoms with E-state index in [1.165, 1.54) is 0 Å². The van der Waals surface area contributed by atoms with Crippen molar-refractivity contribution in [3.8, 4) is 11.4 Å². The van der Waals surface area contributed by atoms with Gasteiger partial charge in [0.15, 0.2) is 0 Å². The molecule has 0 unspecified atom stereocenters. The molecule has 0 saturated heterocycles. The number of fused-ring (bicyclic) bond motifs is 4. The van der Waals surface area contributed by atoms with Crippen molar-refractivity contribution < 1.29 is 43.5 Å². The first-order chi connectivity index (χ1) is 28.0. The van der Waals surface area contributed by atoms with Gasteiger partial charge in [-0.3, -0.25) is 9.59 Å². The summed E-state index contributed by atoms with van der Waals surface area (Å²) in [6.07, 6.45) is 0. The van der Waals surface area contributed by atoms with Gasteiger partial charge in [-0.1, -0.05) is 36.4 Å². The standard InChI is InChI=1S/C48H38N8O2.2ClH/c1-27-19-39-43(23-35(27)49)55(33-11-7-5-8-12-33)45-25-37(29(3)21-41(45)51-39)53-47(57)31-15-17-32(18-16-31)48(58)54-38-26-46-42(22-30(38)4)52-40-20-28(2)36(50)24-44(40)56(46)34-13-9-6-10-14-34;;/h5-26H,1-4H3,(H4,49,50,53,54,57,58);2*1H. The van der Waals surface area contributed by atoms with Crippen molar-refractivity contribution in [3.63, 3.8) is 0 Å². The molecule has 0 bridgehead atoms. The molecule has 0 radical (unpaired) electrons. The Labute approximate surface area is 358 Å². The Balaban J connectivity index is 0.00000272. The molecule has 0 spiro atoms. The molecular formula is C48H40Cl2N8O2. The average Bonchev–Trinajstić information content (AvgIpc) is 3.22. The molecule has 0 aliphatic carbocycles. The molecule has 10 nitrogen and oxygen atoms in total. The number of aryl methyl sites for hydroxylation is 4. The Morgan fingerprint density at radius 3 is 1.12 bits per heavy atom. The van der Waals surface area contributed by atoms with Gasteiger partial charge in [-0.25, -0.2) is 9.97 Å². The third-order valence-corrected chi connectivity index (χ3v) is 10.7. The van der Waals surface area contributed by atoms with Crippen molar-refractivity contribution in [1.82, 2.24) is 9.97 Å². The monoisotopic (exact) mass is 830 g/mol. The summed E-state index contributed by atoms with van der Waals surface area (Å²) in [6, 6.07) is 42.4. The largest absolute Gasteiger partial charge is 1.00 e. The highest BCUT2D eigenvalue weighted by Gasteiger charge is 2.24. The highest BCUT2D eigenvalue weighted by molar-refractivity contribution is 6.08. The molecule has 2 aromatic heterocycles. The van der Waals surface area contributed by atoms with Crippen molar-refractivity contribution in [2.45, 2.75) is 27.7 Å². The quantitative estimate of drug-likeness (QED) is 0.115. The van der Waals surface area contributed by atoms with Gasteiger partial charge in [-0.05, 0) is 98.5 Å². The summed E-state index contributed by atoms with van der Waals surface area (Å²) in [6.45, 7) is 7.83. The average molecular weight is 832 g/mol. The Hall–Kier alpha value is -7.14. The minimum Gasteiger partial charge on any atom is -1.00 e. The molecule has 60 heavy (non-hydrogen) atoms. The summed E-state index contributed by atoms with van der Waals surface area (Å²) in [4.78, 5) is 37.4. The maximum atomic E-state index is 13.7. The number of carbonyl (C=O) groups is 2. The van der Waals surface area contributed by atoms with Gasteiger partial charge < -0.3 is 46.9 Å². The minimum absolute atomic E-state index is 0. The zero-order valence-electron chi connectivity index (χ0n) is 33.2. The van der Waals surface area contributed by atoms with Gasteiger partial charge in [-0.15, -0.1) is 9.13 Å². The Bertz CT molecular complexity index is 2950. The van der Waals surface area contributed by atoms with Gasteiger partial charge in [0.25, 0.3) is 11.8 Å². The Kier molecular flexibility index (Phi) is 11.1. The molecule has 9 rings (SSSR count). The number of hydrogen-bond acceptors (Lipinski definition) is 6. The number of nitrogen functional groups attached to an aromatic ring is 2. The molecule has 0 aliphatic rings. The first-order valence-electron chi connectivity index (χ1n) is 19.0. The number of para-hydroxylation sites is 2. The van der Waals surface area contributed by atoms with Crippen LogP contribution in [-0.4, -0.2) is 21.8 Å². The number of amides is 2. The maximum Gasteiger partial charge on any atom is 0.255 e. The minimum atomic E-state index is -0.305. The van der Waals surface area contributed by atoms with Crippen molar-refractivity contribution >= 4 is 78.7 Å². The second-order valence-electron chi connectivity index (χ2n) is 14.8. The maximum absolute atomic E-state index is 13.7. The second kappa shape index (κ2) is 16.2. The third kappa shape index (κ3) is 7.38. The molecule has 0 saturated carbocycles. The molecule has 12 heteroatoms. The molecule has 298 valence electrons. The molecule has 2 heterocycles. The highest BCUT2D eigenvalue weighted by atomic mass is 35.5. The highest BCUT2D eigenvalue weighted by Crippen LogP contribution is 2.29. The van der Waals surface area contributed by atoms with E-state index in [0.717, 1.165) is 77.8 Å². The van der Waals surface area contributed by atoms with Crippen LogP contribution in [0.2, 0.25) is 0 Å². The van der Waals surface area contributed by atoms with E-state index in [4.69, 9.17) is 21.4 Å². The third-order valence-electron chi connectivity index (χ3n) is 10.7. The summed E-state index contributed by atoms with van der Waals surface area (Å²) >= 11 is 0. The smallest absolute Gasteiger partial charge is 0.255 e. The van der Waals surface area contributed by atoms with Gasteiger partial charge >= 0.3 is 0 Å². The van der Waals surface area contributed by atoms with E-state index < -0.39 is 0 Å². The van der Waals surface area contributed by atoms with Gasteiger partial charge in [0.1, 0.15) is 22.1 Å². The van der Waals surface area contributed by atoms with Gasteiger partial charge in [0, 0.05) is 71.0 Å². The molecule has 7 aromatic carbocycles. The van der Waals surface area contributed by atoms with Crippen LogP contribution in [0, 0.1) is 27.7 Å². The predicted octanol–water partition coefficient (Wildman–Crippen LogP) is 2.55. The Morgan fingerprint density at radius 1 is 0.450 bits per heavy atom. The Morgan fingerprint density at radius 2 is 0.767 bits per heavy atom. The summed E-state index contributed by atoms with van der Waals surface area (Å²) in [5.74, 6) is -0.610. The van der Waals surface area contributed by atoms with E-state index in [9.17, 15) is 9.59 Å². The van der Waals surface area contributed by atoms with E-state index in [0.29, 0.717) is 33.9 Å². The topological polar surface area (TPSA) is 144 Å². The molecule has 6 N–H and O–H groups in total. The lowest BCUT2D eigenvalue weighted by Crippen LogP contribution is -3.00.